The highest BCUT2D eigenvalue weighted by Gasteiger charge is 2.54. The number of hydrogen-bond acceptors (Lipinski definition) is 14. The predicted molar refractivity (Wildman–Crippen MR) is 154 cm³/mol. The van der Waals surface area contributed by atoms with Crippen molar-refractivity contribution in [3.8, 4) is 0 Å². The number of rotatable bonds is 11. The van der Waals surface area contributed by atoms with Crippen LogP contribution in [0.1, 0.15) is 25.1 Å². The molecule has 44 heavy (non-hydrogen) atoms. The SMILES string of the molecule is CC(C)(O/N=C(\C(=O)N[C@@H]1C(=O)N2C(C(=O)O)=C(C=Cc3ccc([N+](=O)[O-])cc3[N+](=O)[O-])CS[C@@H]12)c1csc(N)n1)C(=O)O. The second-order valence-corrected chi connectivity index (χ2v) is 11.5. The number of thioether (sulfide) groups is 1. The first-order valence-corrected chi connectivity index (χ1v) is 14.1. The van der Waals surface area contributed by atoms with Gasteiger partial charge in [0.05, 0.1) is 21.5 Å². The lowest BCUT2D eigenvalue weighted by molar-refractivity contribution is -0.394. The Kier molecular flexibility index (Phi) is 8.67. The molecule has 0 spiro atoms. The molecule has 230 valence electrons. The number of fused-ring (bicyclic) bond motifs is 1. The van der Waals surface area contributed by atoms with Crippen molar-refractivity contribution in [2.45, 2.75) is 30.9 Å². The van der Waals surface area contributed by atoms with Crippen molar-refractivity contribution in [3.63, 3.8) is 0 Å². The number of aromatic nitrogens is 1. The van der Waals surface area contributed by atoms with E-state index in [2.05, 4.69) is 15.5 Å². The lowest BCUT2D eigenvalue weighted by Gasteiger charge is -2.49. The van der Waals surface area contributed by atoms with Gasteiger partial charge in [-0.05, 0) is 31.6 Å². The maximum Gasteiger partial charge on any atom is 0.352 e. The van der Waals surface area contributed by atoms with E-state index in [0.717, 1.165) is 46.2 Å². The number of benzene rings is 1. The van der Waals surface area contributed by atoms with Crippen LogP contribution < -0.4 is 11.1 Å². The number of aliphatic carboxylic acids is 2. The molecule has 20 heteroatoms. The van der Waals surface area contributed by atoms with Gasteiger partial charge < -0.3 is 26.1 Å². The van der Waals surface area contributed by atoms with Crippen molar-refractivity contribution in [3.05, 3.63) is 72.4 Å². The van der Waals surface area contributed by atoms with E-state index < -0.39 is 73.4 Å². The van der Waals surface area contributed by atoms with Crippen LogP contribution in [0.25, 0.3) is 6.08 Å². The van der Waals surface area contributed by atoms with Crippen LogP contribution in [0.15, 0.2) is 46.1 Å². The number of carboxylic acids is 2. The molecule has 1 saturated heterocycles. The summed E-state index contributed by atoms with van der Waals surface area (Å²) >= 11 is 2.06. The minimum absolute atomic E-state index is 0.0131. The number of anilines is 1. The second kappa shape index (κ2) is 12.1. The molecule has 0 aliphatic carbocycles. The van der Waals surface area contributed by atoms with E-state index in [1.54, 1.807) is 0 Å². The van der Waals surface area contributed by atoms with Gasteiger partial charge >= 0.3 is 11.9 Å². The van der Waals surface area contributed by atoms with Gasteiger partial charge in [0.25, 0.3) is 23.2 Å². The number of amides is 2. The Morgan fingerprint density at radius 2 is 1.93 bits per heavy atom. The third-order valence-electron chi connectivity index (χ3n) is 6.23. The Morgan fingerprint density at radius 1 is 1.23 bits per heavy atom. The maximum atomic E-state index is 13.2. The van der Waals surface area contributed by atoms with Crippen LogP contribution in [0.4, 0.5) is 16.5 Å². The highest BCUT2D eigenvalue weighted by Crippen LogP contribution is 2.41. The smallest absolute Gasteiger partial charge is 0.352 e. The maximum absolute atomic E-state index is 13.2. The molecule has 2 aromatic rings. The molecule has 2 aliphatic rings. The fourth-order valence-electron chi connectivity index (χ4n) is 3.92. The molecule has 1 aromatic heterocycles. The minimum Gasteiger partial charge on any atom is -0.478 e. The second-order valence-electron chi connectivity index (χ2n) is 9.55. The summed E-state index contributed by atoms with van der Waals surface area (Å²) in [4.78, 5) is 80.7. The quantitative estimate of drug-likeness (QED) is 0.117. The summed E-state index contributed by atoms with van der Waals surface area (Å²) < 4.78 is 0. The Balaban J connectivity index is 1.58. The molecule has 0 bridgehead atoms. The van der Waals surface area contributed by atoms with Crippen LogP contribution in [-0.2, 0) is 24.0 Å². The molecule has 2 amide bonds. The zero-order chi connectivity index (χ0) is 32.5. The van der Waals surface area contributed by atoms with Crippen molar-refractivity contribution in [2.24, 2.45) is 5.16 Å². The Hall–Kier alpha value is -5.37. The molecule has 1 aromatic carbocycles. The average molecular weight is 648 g/mol. The van der Waals surface area contributed by atoms with E-state index in [9.17, 15) is 49.6 Å². The number of carboxylic acid groups (broad SMARTS) is 2. The summed E-state index contributed by atoms with van der Waals surface area (Å²) in [6, 6.07) is 1.76. The highest BCUT2D eigenvalue weighted by atomic mass is 32.2. The average Bonchev–Trinajstić information content (AvgIpc) is 3.39. The number of β-lactam (4-membered cyclic amide) rings is 1. The van der Waals surface area contributed by atoms with Crippen LogP contribution in [0, 0.1) is 20.2 Å². The van der Waals surface area contributed by atoms with Gasteiger partial charge in [-0.25, -0.2) is 14.6 Å². The van der Waals surface area contributed by atoms with E-state index in [1.165, 1.54) is 31.4 Å². The largest absolute Gasteiger partial charge is 0.478 e. The van der Waals surface area contributed by atoms with Crippen LogP contribution in [-0.4, -0.2) is 82.2 Å². The molecule has 0 radical (unpaired) electrons. The number of non-ortho nitro benzene ring substituents is 1. The first kappa shape index (κ1) is 31.6. The van der Waals surface area contributed by atoms with Gasteiger partial charge in [0.2, 0.25) is 5.60 Å². The third-order valence-corrected chi connectivity index (χ3v) is 8.21. The van der Waals surface area contributed by atoms with Crippen LogP contribution in [0.3, 0.4) is 0 Å². The summed E-state index contributed by atoms with van der Waals surface area (Å²) in [5.74, 6) is -4.59. The van der Waals surface area contributed by atoms with E-state index in [4.69, 9.17) is 10.6 Å². The summed E-state index contributed by atoms with van der Waals surface area (Å²) in [5, 5.41) is 48.4. The van der Waals surface area contributed by atoms with Gasteiger partial charge in [-0.15, -0.1) is 23.1 Å². The van der Waals surface area contributed by atoms with E-state index >= 15 is 0 Å². The monoisotopic (exact) mass is 647 g/mol. The molecule has 5 N–H and O–H groups in total. The predicted octanol–water partition coefficient (Wildman–Crippen LogP) is 1.58. The number of oxime groups is 1. The summed E-state index contributed by atoms with van der Waals surface area (Å²) in [6.45, 7) is 2.39. The first-order chi connectivity index (χ1) is 20.6. The summed E-state index contributed by atoms with van der Waals surface area (Å²) in [5.41, 5.74) is 1.89. The van der Waals surface area contributed by atoms with Gasteiger partial charge in [-0.3, -0.25) is 34.7 Å². The lowest BCUT2D eigenvalue weighted by Crippen LogP contribution is -2.71. The number of nitro groups is 2. The van der Waals surface area contributed by atoms with E-state index in [0.29, 0.717) is 0 Å². The molecule has 2 atom stereocenters. The molecule has 0 saturated carbocycles. The molecule has 18 nitrogen and oxygen atoms in total. The van der Waals surface area contributed by atoms with Crippen molar-refractivity contribution in [1.29, 1.82) is 0 Å². The number of nitrogen functional groups attached to an aromatic ring is 1. The number of carbonyl (C=O) groups excluding carboxylic acids is 2. The van der Waals surface area contributed by atoms with Crippen molar-refractivity contribution in [2.75, 3.05) is 11.5 Å². The number of thiazole rings is 1. The standard InChI is InChI=1S/C24H21N7O11S2/c1-24(2,22(36)37)42-28-15(13-9-44-23(25)26-13)18(32)27-16-19(33)29-17(21(34)35)11(8-43-20(16)29)4-3-10-5-6-12(30(38)39)7-14(10)31(40)41/h3-7,9,16,20H,8H2,1-2H3,(H2,25,26)(H,27,32)(H,34,35)(H,36,37)/b4-3?,28-15-/t16-,20+/m1/s1. The Morgan fingerprint density at radius 3 is 2.50 bits per heavy atom. The number of allylic oxidation sites excluding steroid dienone is 1. The fourth-order valence-corrected chi connectivity index (χ4v) is 5.78. The number of nitrogens with zero attached hydrogens (tertiary/aromatic N) is 5. The number of nitrogens with two attached hydrogens (primary N) is 1. The normalized spacial score (nSPS) is 18.5. The molecule has 3 heterocycles. The number of nitro benzene ring substituents is 2. The molecular weight excluding hydrogens is 626 g/mol. The molecular formula is C24H21N7O11S2. The third kappa shape index (κ3) is 6.20. The van der Waals surface area contributed by atoms with Gasteiger partial charge in [0.1, 0.15) is 22.8 Å². The zero-order valence-electron chi connectivity index (χ0n) is 22.5. The molecule has 4 rings (SSSR count). The zero-order valence-corrected chi connectivity index (χ0v) is 24.2. The number of nitrogens with one attached hydrogen (secondary N) is 1. The van der Waals surface area contributed by atoms with Crippen LogP contribution in [0.5, 0.6) is 0 Å². The van der Waals surface area contributed by atoms with E-state index in [1.807, 2.05) is 0 Å². The first-order valence-electron chi connectivity index (χ1n) is 12.2. The van der Waals surface area contributed by atoms with Gasteiger partial charge in [0.15, 0.2) is 10.8 Å². The summed E-state index contributed by atoms with van der Waals surface area (Å²) in [6.07, 6.45) is 2.48. The fraction of sp³-hybridized carbons (Fsp3) is 0.250. The van der Waals surface area contributed by atoms with Gasteiger partial charge in [-0.1, -0.05) is 11.2 Å². The van der Waals surface area contributed by atoms with Crippen molar-refractivity contribution in [1.82, 2.24) is 15.2 Å². The van der Waals surface area contributed by atoms with Crippen molar-refractivity contribution < 1.29 is 44.1 Å². The lowest BCUT2D eigenvalue weighted by atomic mass is 10.0. The Bertz CT molecular complexity index is 1700. The Labute approximate surface area is 254 Å². The minimum atomic E-state index is -1.82. The summed E-state index contributed by atoms with van der Waals surface area (Å²) in [7, 11) is 0. The molecule has 2 aliphatic heterocycles. The van der Waals surface area contributed by atoms with Crippen molar-refractivity contribution >= 4 is 75.1 Å². The number of carbonyl (C=O) groups is 4. The van der Waals surface area contributed by atoms with Gasteiger partial charge in [0, 0.05) is 17.2 Å². The topological polar surface area (TPSA) is 271 Å². The van der Waals surface area contributed by atoms with Crippen LogP contribution in [0.2, 0.25) is 0 Å². The molecule has 1 fully saturated rings. The van der Waals surface area contributed by atoms with Crippen LogP contribution >= 0.6 is 23.1 Å². The van der Waals surface area contributed by atoms with E-state index in [-0.39, 0.29) is 27.7 Å². The number of hydrogen-bond donors (Lipinski definition) is 4. The molecule has 0 unspecified atom stereocenters. The van der Waals surface area contributed by atoms with Gasteiger partial charge in [-0.2, -0.15) is 0 Å². The highest BCUT2D eigenvalue weighted by molar-refractivity contribution is 8.00.